The lowest BCUT2D eigenvalue weighted by molar-refractivity contribution is -0.696. The number of imidazole rings is 1. The number of carbonyl (C=O) groups is 3. The molecule has 0 saturated carbocycles. The number of carboxylic acid groups (broad SMARTS) is 3. The molecule has 3 aromatic carbocycles. The van der Waals surface area contributed by atoms with Crippen LogP contribution < -0.4 is 9.67 Å². The molecule has 1 aromatic heterocycles. The zero-order valence-electron chi connectivity index (χ0n) is 24.2. The highest BCUT2D eigenvalue weighted by Gasteiger charge is 2.34. The summed E-state index contributed by atoms with van der Waals surface area (Å²) in [4.78, 5) is 30.3. The smallest absolute Gasteiger partial charge is 0.306 e. The third-order valence-corrected chi connectivity index (χ3v) is 7.81. The van der Waals surface area contributed by atoms with Crippen LogP contribution in [0, 0.1) is 0 Å². The first-order valence-electron chi connectivity index (χ1n) is 13.7. The zero-order valence-corrected chi connectivity index (χ0v) is 27.2. The molecule has 1 unspecified atom stereocenters. The van der Waals surface area contributed by atoms with E-state index in [-0.39, 0.29) is 6.10 Å². The van der Waals surface area contributed by atoms with Gasteiger partial charge < -0.3 is 30.0 Å². The van der Waals surface area contributed by atoms with Crippen LogP contribution in [0.2, 0.25) is 20.1 Å². The van der Waals surface area contributed by atoms with Gasteiger partial charge in [-0.25, -0.2) is 9.13 Å². The van der Waals surface area contributed by atoms with Crippen molar-refractivity contribution in [2.45, 2.75) is 50.7 Å². The van der Waals surface area contributed by atoms with Gasteiger partial charge in [-0.2, -0.15) is 0 Å². The van der Waals surface area contributed by atoms with Gasteiger partial charge in [-0.05, 0) is 35.4 Å². The summed E-state index contributed by atoms with van der Waals surface area (Å²) in [5.41, 5.74) is 0.196. The highest BCUT2D eigenvalue weighted by atomic mass is 35.5. The second kappa shape index (κ2) is 17.3. The van der Waals surface area contributed by atoms with Gasteiger partial charge in [0.2, 0.25) is 6.33 Å². The number of aromatic nitrogens is 2. The van der Waals surface area contributed by atoms with E-state index in [4.69, 9.17) is 66.5 Å². The summed E-state index contributed by atoms with van der Waals surface area (Å²) in [6.07, 6.45) is 4.45. The molecule has 4 aromatic rings. The Balaban J connectivity index is 0.000000376. The van der Waals surface area contributed by atoms with Crippen molar-refractivity contribution in [3.63, 3.8) is 0 Å². The van der Waals surface area contributed by atoms with Gasteiger partial charge in [0.25, 0.3) is 0 Å². The van der Waals surface area contributed by atoms with Crippen LogP contribution in [-0.4, -0.2) is 43.4 Å². The van der Waals surface area contributed by atoms with E-state index in [1.807, 2.05) is 30.5 Å². The van der Waals surface area contributed by atoms with E-state index < -0.39 is 36.4 Å². The minimum atomic E-state index is -2.85. The third-order valence-electron chi connectivity index (χ3n) is 6.66. The van der Waals surface area contributed by atoms with Crippen molar-refractivity contribution in [3.05, 3.63) is 122 Å². The van der Waals surface area contributed by atoms with Gasteiger partial charge in [0.15, 0.2) is 0 Å². The van der Waals surface area contributed by atoms with Crippen LogP contribution in [-0.2, 0) is 45.2 Å². The first kappa shape index (κ1) is 36.8. The van der Waals surface area contributed by atoms with Crippen LogP contribution >= 0.6 is 46.4 Å². The van der Waals surface area contributed by atoms with Crippen molar-refractivity contribution in [1.29, 1.82) is 0 Å². The van der Waals surface area contributed by atoms with Gasteiger partial charge in [-0.1, -0.05) is 88.9 Å². The van der Waals surface area contributed by atoms with Gasteiger partial charge in [-0.15, -0.1) is 0 Å². The molecular formula is C32H30Cl4N2O8. The Labute approximate surface area is 284 Å². The van der Waals surface area contributed by atoms with E-state index in [2.05, 4.69) is 45.9 Å². The SMILES string of the molecule is Clc1ccc(COC(Cn2cc[n+](CCc3ccccc3)c2)c2ccc(Cl)cc2Cl)c(Cl)c1.O=C(O)CC(O)(CC(=O)O)C(=O)[O-]. The van der Waals surface area contributed by atoms with Crippen molar-refractivity contribution in [2.75, 3.05) is 0 Å². The van der Waals surface area contributed by atoms with Crippen LogP contribution in [0.25, 0.3) is 0 Å². The molecule has 46 heavy (non-hydrogen) atoms. The third kappa shape index (κ3) is 11.6. The molecular weight excluding hydrogens is 682 g/mol. The van der Waals surface area contributed by atoms with Crippen LogP contribution in [0.1, 0.15) is 35.6 Å². The maximum atomic E-state index is 10.2. The number of rotatable bonds is 14. The Morgan fingerprint density at radius 3 is 2.07 bits per heavy atom. The maximum Gasteiger partial charge on any atom is 0.306 e. The average molecular weight is 712 g/mol. The Bertz CT molecular complexity index is 1630. The number of nitrogens with zero attached hydrogens (tertiary/aromatic N) is 2. The zero-order chi connectivity index (χ0) is 33.9. The summed E-state index contributed by atoms with van der Waals surface area (Å²) >= 11 is 25.0. The second-order valence-electron chi connectivity index (χ2n) is 10.2. The highest BCUT2D eigenvalue weighted by Crippen LogP contribution is 2.31. The summed E-state index contributed by atoms with van der Waals surface area (Å²) in [7, 11) is 0. The molecule has 0 aliphatic carbocycles. The van der Waals surface area contributed by atoms with Gasteiger partial charge in [-0.3, -0.25) is 9.59 Å². The summed E-state index contributed by atoms with van der Waals surface area (Å²) in [5, 5.41) is 37.9. The normalized spacial score (nSPS) is 11.8. The predicted molar refractivity (Wildman–Crippen MR) is 170 cm³/mol. The number of hydrogen-bond acceptors (Lipinski definition) is 6. The molecule has 3 N–H and O–H groups in total. The lowest BCUT2D eigenvalue weighted by Gasteiger charge is -2.25. The number of aliphatic hydroxyl groups is 1. The number of halogens is 4. The fourth-order valence-corrected chi connectivity index (χ4v) is 5.31. The highest BCUT2D eigenvalue weighted by molar-refractivity contribution is 6.35. The van der Waals surface area contributed by atoms with Crippen molar-refractivity contribution in [1.82, 2.24) is 4.57 Å². The number of ether oxygens (including phenoxy) is 1. The van der Waals surface area contributed by atoms with Gasteiger partial charge >= 0.3 is 11.9 Å². The Morgan fingerprint density at radius 1 is 0.891 bits per heavy atom. The van der Waals surface area contributed by atoms with E-state index in [9.17, 15) is 19.5 Å². The van der Waals surface area contributed by atoms with Crippen molar-refractivity contribution >= 4 is 64.3 Å². The number of carboxylic acids is 3. The maximum absolute atomic E-state index is 10.2. The molecule has 10 nitrogen and oxygen atoms in total. The summed E-state index contributed by atoms with van der Waals surface area (Å²) in [6.45, 7) is 1.81. The number of aliphatic carboxylic acids is 3. The molecule has 0 amide bonds. The molecule has 14 heteroatoms. The van der Waals surface area contributed by atoms with E-state index >= 15 is 0 Å². The topological polar surface area (TPSA) is 153 Å². The fraction of sp³-hybridized carbons (Fsp3) is 0.250. The lowest BCUT2D eigenvalue weighted by atomic mass is 9.96. The Morgan fingerprint density at radius 2 is 1.50 bits per heavy atom. The number of carbonyl (C=O) groups excluding carboxylic acids is 1. The van der Waals surface area contributed by atoms with Crippen molar-refractivity contribution in [3.8, 4) is 0 Å². The largest absolute Gasteiger partial charge is 0.547 e. The molecule has 0 saturated heterocycles. The number of aryl methyl sites for hydroxylation is 2. The van der Waals surface area contributed by atoms with E-state index in [1.54, 1.807) is 18.2 Å². The van der Waals surface area contributed by atoms with Crippen LogP contribution in [0.3, 0.4) is 0 Å². The van der Waals surface area contributed by atoms with Crippen molar-refractivity contribution < 1.29 is 44.1 Å². The van der Waals surface area contributed by atoms with E-state index in [0.29, 0.717) is 33.2 Å². The monoisotopic (exact) mass is 710 g/mol. The Hall–Kier alpha value is -3.64. The number of benzene rings is 3. The van der Waals surface area contributed by atoms with Gasteiger partial charge in [0.05, 0.1) is 32.0 Å². The van der Waals surface area contributed by atoms with Crippen LogP contribution in [0.4, 0.5) is 0 Å². The quantitative estimate of drug-likeness (QED) is 0.155. The summed E-state index contributed by atoms with van der Waals surface area (Å²) in [5.74, 6) is -5.35. The molecule has 0 aliphatic rings. The average Bonchev–Trinajstić information content (AvgIpc) is 3.42. The fourth-order valence-electron chi connectivity index (χ4n) is 4.31. The summed E-state index contributed by atoms with van der Waals surface area (Å²) < 4.78 is 10.6. The van der Waals surface area contributed by atoms with Crippen LogP contribution in [0.5, 0.6) is 0 Å². The molecule has 0 fully saturated rings. The van der Waals surface area contributed by atoms with E-state index in [0.717, 1.165) is 24.1 Å². The van der Waals surface area contributed by atoms with Crippen molar-refractivity contribution in [2.24, 2.45) is 0 Å². The first-order valence-corrected chi connectivity index (χ1v) is 15.2. The molecule has 0 bridgehead atoms. The molecule has 0 aliphatic heterocycles. The van der Waals surface area contributed by atoms with Gasteiger partial charge in [0.1, 0.15) is 30.6 Å². The second-order valence-corrected chi connectivity index (χ2v) is 11.9. The standard InChI is InChI=1S/C26H23Cl4N2O.C6H8O7/c27-21-7-6-20(24(29)14-21)17-33-26(23-9-8-22(28)15-25(23)30)16-32-13-12-31(18-32)11-10-19-4-2-1-3-5-19;7-3(8)1-6(13,5(11)12)2-4(9)10/h1-9,12-15,18,26H,10-11,16-17H2;13H,1-2H2,(H,7,8)(H,9,10)(H,11,12)/q+1;/p-1. The van der Waals surface area contributed by atoms with Crippen LogP contribution in [0.15, 0.2) is 85.5 Å². The van der Waals surface area contributed by atoms with E-state index in [1.165, 1.54) is 5.56 Å². The molecule has 1 atom stereocenters. The molecule has 1 heterocycles. The van der Waals surface area contributed by atoms with Gasteiger partial charge in [0, 0.05) is 32.1 Å². The molecule has 0 spiro atoms. The molecule has 4 rings (SSSR count). The first-order chi connectivity index (χ1) is 21.8. The summed E-state index contributed by atoms with van der Waals surface area (Å²) in [6, 6.07) is 21.3. The minimum absolute atomic E-state index is 0.295. The predicted octanol–water partition coefficient (Wildman–Crippen LogP) is 5.01. The lowest BCUT2D eigenvalue weighted by Crippen LogP contribution is -2.51. The Kier molecular flexibility index (Phi) is 13.9. The minimum Gasteiger partial charge on any atom is -0.547 e. The molecule has 244 valence electrons. The molecule has 0 radical (unpaired) electrons. The number of hydrogen-bond donors (Lipinski definition) is 3.